The van der Waals surface area contributed by atoms with E-state index in [-0.39, 0.29) is 5.91 Å². The van der Waals surface area contributed by atoms with Gasteiger partial charge in [0.1, 0.15) is 5.75 Å². The van der Waals surface area contributed by atoms with Crippen molar-refractivity contribution in [1.82, 2.24) is 10.4 Å². The van der Waals surface area contributed by atoms with Crippen LogP contribution in [0.5, 0.6) is 5.75 Å². The molecule has 0 aliphatic rings. The number of hydrogen-bond donors (Lipinski definition) is 1. The average Bonchev–Trinajstić information content (AvgIpc) is 2.48. The van der Waals surface area contributed by atoms with Gasteiger partial charge in [0.15, 0.2) is 0 Å². The molecule has 0 atom stereocenters. The van der Waals surface area contributed by atoms with Gasteiger partial charge in [-0.05, 0) is 24.3 Å². The number of carbonyl (C=O) groups excluding carboxylic acids is 1. The summed E-state index contributed by atoms with van der Waals surface area (Å²) in [6.07, 6.45) is 4.84. The van der Waals surface area contributed by atoms with Crippen molar-refractivity contribution in [1.29, 1.82) is 0 Å². The van der Waals surface area contributed by atoms with E-state index in [2.05, 4.69) is 31.4 Å². The number of hydrazone groups is 1. The van der Waals surface area contributed by atoms with Crippen molar-refractivity contribution in [3.63, 3.8) is 0 Å². The normalized spacial score (nSPS) is 10.5. The van der Waals surface area contributed by atoms with E-state index in [1.807, 2.05) is 6.07 Å². The van der Waals surface area contributed by atoms with Gasteiger partial charge in [-0.1, -0.05) is 22.0 Å². The first-order valence-electron chi connectivity index (χ1n) is 5.77. The maximum absolute atomic E-state index is 12.0. The van der Waals surface area contributed by atoms with Gasteiger partial charge in [0.2, 0.25) is 0 Å². The van der Waals surface area contributed by atoms with Gasteiger partial charge in [-0.3, -0.25) is 9.78 Å². The first kappa shape index (κ1) is 14.2. The summed E-state index contributed by atoms with van der Waals surface area (Å²) in [5.74, 6) is 0.142. The van der Waals surface area contributed by atoms with Crippen LogP contribution in [0.3, 0.4) is 0 Å². The molecule has 102 valence electrons. The Morgan fingerprint density at radius 1 is 1.45 bits per heavy atom. The van der Waals surface area contributed by atoms with Gasteiger partial charge < -0.3 is 4.74 Å². The number of pyridine rings is 1. The molecule has 0 spiro atoms. The Hall–Kier alpha value is -2.21. The summed E-state index contributed by atoms with van der Waals surface area (Å²) in [5.41, 5.74) is 3.67. The van der Waals surface area contributed by atoms with Gasteiger partial charge in [0, 0.05) is 22.4 Å². The summed E-state index contributed by atoms with van der Waals surface area (Å²) in [6.45, 7) is 0. The molecule has 5 nitrogen and oxygen atoms in total. The molecular weight excluding hydrogens is 322 g/mol. The molecular formula is C14H12BrN3O2. The number of nitrogens with zero attached hydrogens (tertiary/aromatic N) is 2. The fraction of sp³-hybridized carbons (Fsp3) is 0.0714. The highest BCUT2D eigenvalue weighted by atomic mass is 79.9. The molecule has 1 aromatic heterocycles. The highest BCUT2D eigenvalue weighted by Gasteiger charge is 2.11. The number of halogens is 1. The number of hydrogen-bond acceptors (Lipinski definition) is 4. The largest absolute Gasteiger partial charge is 0.496 e. The van der Waals surface area contributed by atoms with Crippen LogP contribution in [-0.2, 0) is 0 Å². The third-order valence-corrected chi connectivity index (χ3v) is 2.97. The minimum atomic E-state index is -0.338. The SMILES string of the molecule is COc1cc(Br)ccc1C(=O)NN=Cc1cccnc1. The predicted octanol–water partition coefficient (Wildman–Crippen LogP) is 2.62. The molecule has 0 aliphatic carbocycles. The van der Waals surface area contributed by atoms with Crippen molar-refractivity contribution < 1.29 is 9.53 Å². The number of methoxy groups -OCH3 is 1. The Morgan fingerprint density at radius 2 is 2.30 bits per heavy atom. The van der Waals surface area contributed by atoms with Crippen LogP contribution in [0, 0.1) is 0 Å². The highest BCUT2D eigenvalue weighted by Crippen LogP contribution is 2.23. The van der Waals surface area contributed by atoms with Crippen LogP contribution >= 0.6 is 15.9 Å². The average molecular weight is 334 g/mol. The number of nitrogens with one attached hydrogen (secondary N) is 1. The van der Waals surface area contributed by atoms with E-state index in [0.717, 1.165) is 10.0 Å². The van der Waals surface area contributed by atoms with Crippen molar-refractivity contribution in [2.45, 2.75) is 0 Å². The van der Waals surface area contributed by atoms with E-state index in [1.165, 1.54) is 13.3 Å². The van der Waals surface area contributed by atoms with Gasteiger partial charge in [-0.2, -0.15) is 5.10 Å². The van der Waals surface area contributed by atoms with Crippen LogP contribution in [0.1, 0.15) is 15.9 Å². The van der Waals surface area contributed by atoms with E-state index in [0.29, 0.717) is 11.3 Å². The fourth-order valence-corrected chi connectivity index (χ4v) is 1.87. The van der Waals surface area contributed by atoms with Crippen molar-refractivity contribution in [2.75, 3.05) is 7.11 Å². The molecule has 2 aromatic rings. The van der Waals surface area contributed by atoms with Crippen molar-refractivity contribution in [3.05, 3.63) is 58.3 Å². The van der Waals surface area contributed by atoms with Gasteiger partial charge in [0.25, 0.3) is 5.91 Å². The molecule has 0 saturated heterocycles. The highest BCUT2D eigenvalue weighted by molar-refractivity contribution is 9.10. The lowest BCUT2D eigenvalue weighted by atomic mass is 10.2. The van der Waals surface area contributed by atoms with E-state index in [1.54, 1.807) is 36.7 Å². The summed E-state index contributed by atoms with van der Waals surface area (Å²) in [4.78, 5) is 15.9. The zero-order valence-corrected chi connectivity index (χ0v) is 12.3. The molecule has 6 heteroatoms. The van der Waals surface area contributed by atoms with Crippen LogP contribution in [0.2, 0.25) is 0 Å². The number of rotatable bonds is 4. The number of amides is 1. The second-order valence-electron chi connectivity index (χ2n) is 3.83. The molecule has 0 fully saturated rings. The Morgan fingerprint density at radius 3 is 3.00 bits per heavy atom. The third kappa shape index (κ3) is 3.64. The number of carbonyl (C=O) groups is 1. The predicted molar refractivity (Wildman–Crippen MR) is 80.0 cm³/mol. The molecule has 20 heavy (non-hydrogen) atoms. The molecule has 1 amide bonds. The lowest BCUT2D eigenvalue weighted by Gasteiger charge is -2.07. The minimum absolute atomic E-state index is 0.338. The van der Waals surface area contributed by atoms with Gasteiger partial charge in [-0.25, -0.2) is 5.43 Å². The van der Waals surface area contributed by atoms with Gasteiger partial charge in [0.05, 0.1) is 18.9 Å². The summed E-state index contributed by atoms with van der Waals surface area (Å²) < 4.78 is 6.00. The first-order chi connectivity index (χ1) is 9.70. The van der Waals surface area contributed by atoms with E-state index < -0.39 is 0 Å². The van der Waals surface area contributed by atoms with Crippen LogP contribution in [0.15, 0.2) is 52.3 Å². The summed E-state index contributed by atoms with van der Waals surface area (Å²) in [6, 6.07) is 8.78. The van der Waals surface area contributed by atoms with Gasteiger partial charge >= 0.3 is 0 Å². The third-order valence-electron chi connectivity index (χ3n) is 2.47. The number of benzene rings is 1. The molecule has 0 unspecified atom stereocenters. The Balaban J connectivity index is 2.07. The standard InChI is InChI=1S/C14H12BrN3O2/c1-20-13-7-11(15)4-5-12(13)14(19)18-17-9-10-3-2-6-16-8-10/h2-9H,1H3,(H,18,19). The maximum atomic E-state index is 12.0. The Bertz CT molecular complexity index is 630. The van der Waals surface area contributed by atoms with E-state index in [4.69, 9.17) is 4.74 Å². The minimum Gasteiger partial charge on any atom is -0.496 e. The molecule has 0 bridgehead atoms. The van der Waals surface area contributed by atoms with Crippen molar-refractivity contribution >= 4 is 28.1 Å². The Labute approximate surface area is 124 Å². The molecule has 2 rings (SSSR count). The molecule has 1 aromatic carbocycles. The smallest absolute Gasteiger partial charge is 0.275 e. The number of aromatic nitrogens is 1. The fourth-order valence-electron chi connectivity index (χ4n) is 1.53. The molecule has 0 saturated carbocycles. The van der Waals surface area contributed by atoms with Crippen LogP contribution in [0.25, 0.3) is 0 Å². The summed E-state index contributed by atoms with van der Waals surface area (Å²) >= 11 is 3.32. The first-order valence-corrected chi connectivity index (χ1v) is 6.57. The maximum Gasteiger partial charge on any atom is 0.275 e. The quantitative estimate of drug-likeness (QED) is 0.691. The second-order valence-corrected chi connectivity index (χ2v) is 4.75. The van der Waals surface area contributed by atoms with Crippen molar-refractivity contribution in [2.24, 2.45) is 5.10 Å². The van der Waals surface area contributed by atoms with Crippen LogP contribution < -0.4 is 10.2 Å². The lowest BCUT2D eigenvalue weighted by Crippen LogP contribution is -2.18. The lowest BCUT2D eigenvalue weighted by molar-refractivity contribution is 0.0952. The molecule has 1 N–H and O–H groups in total. The topological polar surface area (TPSA) is 63.6 Å². The second kappa shape index (κ2) is 6.81. The molecule has 0 radical (unpaired) electrons. The number of ether oxygens (including phenoxy) is 1. The zero-order valence-electron chi connectivity index (χ0n) is 10.7. The zero-order chi connectivity index (χ0) is 14.4. The van der Waals surface area contributed by atoms with Gasteiger partial charge in [-0.15, -0.1) is 0 Å². The van der Waals surface area contributed by atoms with Crippen LogP contribution in [0.4, 0.5) is 0 Å². The monoisotopic (exact) mass is 333 g/mol. The molecule has 0 aliphatic heterocycles. The molecule has 1 heterocycles. The summed E-state index contributed by atoms with van der Waals surface area (Å²) in [5, 5.41) is 3.88. The Kier molecular flexibility index (Phi) is 4.84. The van der Waals surface area contributed by atoms with E-state index >= 15 is 0 Å². The van der Waals surface area contributed by atoms with Crippen LogP contribution in [-0.4, -0.2) is 24.2 Å². The van der Waals surface area contributed by atoms with Crippen molar-refractivity contribution in [3.8, 4) is 5.75 Å². The summed E-state index contributed by atoms with van der Waals surface area (Å²) in [7, 11) is 1.51. The van der Waals surface area contributed by atoms with E-state index in [9.17, 15) is 4.79 Å².